The molecule has 0 aliphatic rings. The van der Waals surface area contributed by atoms with Crippen LogP contribution in [0.4, 0.5) is 0 Å². The Morgan fingerprint density at radius 3 is 2.93 bits per heavy atom. The number of nitrogens with zero attached hydrogens (tertiary/aromatic N) is 1. The van der Waals surface area contributed by atoms with Crippen LogP contribution in [0.25, 0.3) is 0 Å². The Kier molecular flexibility index (Phi) is 5.53. The molecule has 0 aromatic carbocycles. The largest absolute Gasteiger partial charge is 0.383 e. The SMILES string of the molecule is CCN(CCOC)CC(=O)c1cccs1. The quantitative estimate of drug-likeness (QED) is 0.666. The Morgan fingerprint density at radius 1 is 1.60 bits per heavy atom. The molecule has 3 nitrogen and oxygen atoms in total. The van der Waals surface area contributed by atoms with E-state index in [0.717, 1.165) is 18.0 Å². The molecule has 0 saturated carbocycles. The van der Waals surface area contributed by atoms with Crippen LogP contribution in [0, 0.1) is 0 Å². The molecule has 15 heavy (non-hydrogen) atoms. The fourth-order valence-corrected chi connectivity index (χ4v) is 1.94. The van der Waals surface area contributed by atoms with Gasteiger partial charge in [-0.15, -0.1) is 11.3 Å². The number of likely N-dealkylation sites (N-methyl/N-ethyl adjacent to an activating group) is 1. The molecule has 0 unspecified atom stereocenters. The number of ether oxygens (including phenoxy) is 1. The van der Waals surface area contributed by atoms with Crippen LogP contribution in [0.2, 0.25) is 0 Å². The highest BCUT2D eigenvalue weighted by Crippen LogP contribution is 2.09. The summed E-state index contributed by atoms with van der Waals surface area (Å²) < 4.78 is 5.00. The van der Waals surface area contributed by atoms with Crippen molar-refractivity contribution in [3.63, 3.8) is 0 Å². The predicted octanol–water partition coefficient (Wildman–Crippen LogP) is 1.90. The van der Waals surface area contributed by atoms with Crippen molar-refractivity contribution in [3.05, 3.63) is 22.4 Å². The van der Waals surface area contributed by atoms with Gasteiger partial charge >= 0.3 is 0 Å². The minimum atomic E-state index is 0.197. The highest BCUT2D eigenvalue weighted by Gasteiger charge is 2.11. The van der Waals surface area contributed by atoms with Crippen molar-refractivity contribution >= 4 is 17.1 Å². The first-order valence-corrected chi connectivity index (χ1v) is 5.94. The number of hydrogen-bond acceptors (Lipinski definition) is 4. The van der Waals surface area contributed by atoms with Crippen LogP contribution in [0.15, 0.2) is 17.5 Å². The maximum Gasteiger partial charge on any atom is 0.186 e. The Bertz CT molecular complexity index is 285. The number of hydrogen-bond donors (Lipinski definition) is 0. The van der Waals surface area contributed by atoms with Crippen LogP contribution in [-0.2, 0) is 4.74 Å². The number of Topliss-reactive ketones (excluding diaryl/α,β-unsaturated/α-hetero) is 1. The first-order valence-electron chi connectivity index (χ1n) is 5.06. The molecule has 0 amide bonds. The number of ketones is 1. The van der Waals surface area contributed by atoms with Gasteiger partial charge < -0.3 is 4.74 Å². The molecule has 1 aromatic rings. The number of carbonyl (C=O) groups is 1. The number of carbonyl (C=O) groups excluding carboxylic acids is 1. The summed E-state index contributed by atoms with van der Waals surface area (Å²) in [5.74, 6) is 0.197. The Morgan fingerprint density at radius 2 is 2.40 bits per heavy atom. The van der Waals surface area contributed by atoms with E-state index in [1.165, 1.54) is 11.3 Å². The topological polar surface area (TPSA) is 29.5 Å². The monoisotopic (exact) mass is 227 g/mol. The van der Waals surface area contributed by atoms with Crippen molar-refractivity contribution in [2.75, 3.05) is 33.4 Å². The Balaban J connectivity index is 2.41. The molecule has 1 rings (SSSR count). The van der Waals surface area contributed by atoms with Crippen molar-refractivity contribution in [2.24, 2.45) is 0 Å². The van der Waals surface area contributed by atoms with Gasteiger partial charge in [0.05, 0.1) is 18.0 Å². The minimum absolute atomic E-state index is 0.197. The van der Waals surface area contributed by atoms with Gasteiger partial charge in [0, 0.05) is 13.7 Å². The van der Waals surface area contributed by atoms with E-state index in [9.17, 15) is 4.79 Å². The summed E-state index contributed by atoms with van der Waals surface area (Å²) >= 11 is 1.50. The average Bonchev–Trinajstić information content (AvgIpc) is 2.77. The summed E-state index contributed by atoms with van der Waals surface area (Å²) in [7, 11) is 1.68. The normalized spacial score (nSPS) is 10.9. The highest BCUT2D eigenvalue weighted by molar-refractivity contribution is 7.12. The van der Waals surface area contributed by atoms with Crippen molar-refractivity contribution in [1.29, 1.82) is 0 Å². The van der Waals surface area contributed by atoms with E-state index in [1.54, 1.807) is 7.11 Å². The fraction of sp³-hybridized carbons (Fsp3) is 0.545. The van der Waals surface area contributed by atoms with Crippen LogP contribution in [0.3, 0.4) is 0 Å². The molecule has 0 bridgehead atoms. The molecule has 0 fully saturated rings. The van der Waals surface area contributed by atoms with Gasteiger partial charge in [0.15, 0.2) is 5.78 Å². The highest BCUT2D eigenvalue weighted by atomic mass is 32.1. The van der Waals surface area contributed by atoms with Crippen LogP contribution < -0.4 is 0 Å². The van der Waals surface area contributed by atoms with Gasteiger partial charge in [0.1, 0.15) is 0 Å². The summed E-state index contributed by atoms with van der Waals surface area (Å²) in [6.45, 7) is 4.90. The van der Waals surface area contributed by atoms with Crippen molar-refractivity contribution in [2.45, 2.75) is 6.92 Å². The molecule has 0 spiro atoms. The van der Waals surface area contributed by atoms with Gasteiger partial charge in [-0.05, 0) is 18.0 Å². The molecule has 84 valence electrons. The van der Waals surface area contributed by atoms with E-state index in [-0.39, 0.29) is 5.78 Å². The smallest absolute Gasteiger partial charge is 0.186 e. The zero-order chi connectivity index (χ0) is 11.1. The molecular formula is C11H17NO2S. The second-order valence-electron chi connectivity index (χ2n) is 3.26. The number of methoxy groups -OCH3 is 1. The Labute approximate surface area is 94.7 Å². The average molecular weight is 227 g/mol. The molecule has 1 heterocycles. The lowest BCUT2D eigenvalue weighted by atomic mass is 10.3. The first-order chi connectivity index (χ1) is 7.27. The molecule has 0 radical (unpaired) electrons. The van der Waals surface area contributed by atoms with Gasteiger partial charge in [-0.25, -0.2) is 0 Å². The maximum atomic E-state index is 11.8. The standard InChI is InChI=1S/C11H17NO2S/c1-3-12(6-7-14-2)9-10(13)11-5-4-8-15-11/h4-5,8H,3,6-7,9H2,1-2H3. The molecule has 0 saturated heterocycles. The van der Waals surface area contributed by atoms with Crippen LogP contribution in [0.5, 0.6) is 0 Å². The first kappa shape index (κ1) is 12.4. The van der Waals surface area contributed by atoms with E-state index in [1.807, 2.05) is 17.5 Å². The maximum absolute atomic E-state index is 11.8. The number of thiophene rings is 1. The van der Waals surface area contributed by atoms with E-state index in [0.29, 0.717) is 13.2 Å². The third kappa shape index (κ3) is 4.11. The molecule has 0 aliphatic heterocycles. The third-order valence-electron chi connectivity index (χ3n) is 2.22. The van der Waals surface area contributed by atoms with E-state index in [4.69, 9.17) is 4.74 Å². The summed E-state index contributed by atoms with van der Waals surface area (Å²) in [6, 6.07) is 3.78. The van der Waals surface area contributed by atoms with Crippen LogP contribution in [0.1, 0.15) is 16.6 Å². The predicted molar refractivity (Wildman–Crippen MR) is 62.6 cm³/mol. The molecule has 1 aromatic heterocycles. The summed E-state index contributed by atoms with van der Waals surface area (Å²) in [5.41, 5.74) is 0. The van der Waals surface area contributed by atoms with Crippen LogP contribution >= 0.6 is 11.3 Å². The lowest BCUT2D eigenvalue weighted by Crippen LogP contribution is -2.32. The van der Waals surface area contributed by atoms with E-state index < -0.39 is 0 Å². The molecule has 0 aliphatic carbocycles. The summed E-state index contributed by atoms with van der Waals surface area (Å²) in [6.07, 6.45) is 0. The second kappa shape index (κ2) is 6.71. The molecular weight excluding hydrogens is 210 g/mol. The summed E-state index contributed by atoms with van der Waals surface area (Å²) in [5, 5.41) is 1.93. The van der Waals surface area contributed by atoms with E-state index >= 15 is 0 Å². The zero-order valence-electron chi connectivity index (χ0n) is 9.23. The zero-order valence-corrected chi connectivity index (χ0v) is 10.0. The fourth-order valence-electron chi connectivity index (χ4n) is 1.29. The number of rotatable bonds is 7. The third-order valence-corrected chi connectivity index (χ3v) is 3.13. The van der Waals surface area contributed by atoms with Gasteiger partial charge in [-0.1, -0.05) is 13.0 Å². The van der Waals surface area contributed by atoms with Gasteiger partial charge in [-0.3, -0.25) is 9.69 Å². The second-order valence-corrected chi connectivity index (χ2v) is 4.21. The lowest BCUT2D eigenvalue weighted by Gasteiger charge is -2.18. The van der Waals surface area contributed by atoms with Gasteiger partial charge in [0.25, 0.3) is 0 Å². The van der Waals surface area contributed by atoms with Crippen LogP contribution in [-0.4, -0.2) is 44.0 Å². The van der Waals surface area contributed by atoms with Crippen molar-refractivity contribution in [1.82, 2.24) is 4.90 Å². The Hall–Kier alpha value is -0.710. The molecule has 0 N–H and O–H groups in total. The summed E-state index contributed by atoms with van der Waals surface area (Å²) in [4.78, 5) is 14.7. The van der Waals surface area contributed by atoms with E-state index in [2.05, 4.69) is 11.8 Å². The molecule has 4 heteroatoms. The minimum Gasteiger partial charge on any atom is -0.383 e. The lowest BCUT2D eigenvalue weighted by molar-refractivity contribution is 0.0906. The van der Waals surface area contributed by atoms with Gasteiger partial charge in [0.2, 0.25) is 0 Å². The van der Waals surface area contributed by atoms with Crippen molar-refractivity contribution < 1.29 is 9.53 Å². The molecule has 0 atom stereocenters. The van der Waals surface area contributed by atoms with Crippen molar-refractivity contribution in [3.8, 4) is 0 Å². The van der Waals surface area contributed by atoms with Gasteiger partial charge in [-0.2, -0.15) is 0 Å².